The van der Waals surface area contributed by atoms with E-state index >= 15 is 0 Å². The van der Waals surface area contributed by atoms with Gasteiger partial charge in [0, 0.05) is 37.2 Å². The molecule has 3 atom stereocenters. The first-order chi connectivity index (χ1) is 22.3. The highest BCUT2D eigenvalue weighted by Gasteiger charge is 2.39. The van der Waals surface area contributed by atoms with E-state index in [1.165, 1.54) is 73.8 Å². The highest BCUT2D eigenvalue weighted by atomic mass is 32.1. The molecular weight excluding hydrogens is 563 g/mol. The summed E-state index contributed by atoms with van der Waals surface area (Å²) in [6.07, 6.45) is 5.74. The van der Waals surface area contributed by atoms with Crippen LogP contribution in [0.5, 0.6) is 0 Å². The lowest BCUT2D eigenvalue weighted by Crippen LogP contribution is -2.09. The summed E-state index contributed by atoms with van der Waals surface area (Å²) in [6, 6.07) is 53.9. The monoisotopic (exact) mass is 597 g/mol. The smallest absolute Gasteiger partial charge is 0.0468 e. The summed E-state index contributed by atoms with van der Waals surface area (Å²) in [5.74, 6) is 2.67. The van der Waals surface area contributed by atoms with Crippen molar-refractivity contribution < 1.29 is 0 Å². The van der Waals surface area contributed by atoms with Gasteiger partial charge in [0.1, 0.15) is 0 Å². The Hall–Kier alpha value is -4.66. The van der Waals surface area contributed by atoms with Crippen LogP contribution in [0.25, 0.3) is 42.4 Å². The normalized spacial score (nSPS) is 19.0. The maximum absolute atomic E-state index is 2.40. The molecule has 218 valence electrons. The van der Waals surface area contributed by atoms with Crippen LogP contribution in [0.4, 0.5) is 17.1 Å². The van der Waals surface area contributed by atoms with E-state index in [0.29, 0.717) is 0 Å². The molecule has 2 bridgehead atoms. The molecule has 2 saturated carbocycles. The fraction of sp³-hybridized carbons (Fsp3) is 0.163. The molecule has 7 aromatic rings. The summed E-state index contributed by atoms with van der Waals surface area (Å²) in [5.41, 5.74) is 10.0. The van der Waals surface area contributed by atoms with E-state index in [1.807, 2.05) is 11.3 Å². The summed E-state index contributed by atoms with van der Waals surface area (Å²) in [7, 11) is 0. The van der Waals surface area contributed by atoms with Gasteiger partial charge in [-0.2, -0.15) is 0 Å². The van der Waals surface area contributed by atoms with Crippen LogP contribution in [0.2, 0.25) is 0 Å². The van der Waals surface area contributed by atoms with Crippen molar-refractivity contribution in [2.45, 2.75) is 31.6 Å². The zero-order valence-electron chi connectivity index (χ0n) is 25.3. The Morgan fingerprint density at radius 1 is 0.467 bits per heavy atom. The molecular formula is C43H35NS. The molecule has 0 N–H and O–H groups in total. The van der Waals surface area contributed by atoms with Crippen molar-refractivity contribution in [3.05, 3.63) is 151 Å². The molecule has 2 aliphatic rings. The molecule has 45 heavy (non-hydrogen) atoms. The van der Waals surface area contributed by atoms with E-state index in [-0.39, 0.29) is 0 Å². The van der Waals surface area contributed by atoms with Crippen LogP contribution < -0.4 is 4.90 Å². The Morgan fingerprint density at radius 2 is 1.04 bits per heavy atom. The second-order valence-electron chi connectivity index (χ2n) is 13.0. The maximum Gasteiger partial charge on any atom is 0.0468 e. The van der Waals surface area contributed by atoms with Crippen molar-refractivity contribution in [3.63, 3.8) is 0 Å². The van der Waals surface area contributed by atoms with Gasteiger partial charge < -0.3 is 4.90 Å². The summed E-state index contributed by atoms with van der Waals surface area (Å²) < 4.78 is 2.66. The van der Waals surface area contributed by atoms with E-state index in [0.717, 1.165) is 29.1 Å². The number of anilines is 3. The van der Waals surface area contributed by atoms with Crippen molar-refractivity contribution in [2.24, 2.45) is 11.8 Å². The number of hydrogen-bond donors (Lipinski definition) is 0. The number of nitrogens with zero attached hydrogens (tertiary/aromatic N) is 1. The predicted molar refractivity (Wildman–Crippen MR) is 193 cm³/mol. The van der Waals surface area contributed by atoms with Gasteiger partial charge in [-0.25, -0.2) is 0 Å². The Balaban J connectivity index is 1.08. The molecule has 1 aromatic heterocycles. The first kappa shape index (κ1) is 26.7. The van der Waals surface area contributed by atoms with E-state index in [1.54, 1.807) is 5.56 Å². The van der Waals surface area contributed by atoms with Gasteiger partial charge in [0.25, 0.3) is 0 Å². The van der Waals surface area contributed by atoms with Gasteiger partial charge in [0.05, 0.1) is 0 Å². The molecule has 6 aromatic carbocycles. The van der Waals surface area contributed by atoms with Crippen LogP contribution in [0.1, 0.15) is 37.2 Å². The summed E-state index contributed by atoms with van der Waals surface area (Å²) in [6.45, 7) is 0. The van der Waals surface area contributed by atoms with Crippen LogP contribution in [-0.2, 0) is 0 Å². The zero-order valence-corrected chi connectivity index (χ0v) is 26.1. The topological polar surface area (TPSA) is 3.24 Å². The largest absolute Gasteiger partial charge is 0.310 e. The molecule has 1 nitrogen and oxygen atoms in total. The van der Waals surface area contributed by atoms with Crippen molar-refractivity contribution >= 4 is 48.6 Å². The first-order valence-electron chi connectivity index (χ1n) is 16.3. The van der Waals surface area contributed by atoms with Gasteiger partial charge >= 0.3 is 0 Å². The minimum atomic E-state index is 0.777. The lowest BCUT2D eigenvalue weighted by molar-refractivity contribution is 0.420. The molecule has 9 rings (SSSR count). The molecule has 2 aliphatic carbocycles. The molecule has 0 aliphatic heterocycles. The zero-order chi connectivity index (χ0) is 29.7. The van der Waals surface area contributed by atoms with E-state index < -0.39 is 0 Å². The molecule has 0 radical (unpaired) electrons. The Kier molecular flexibility index (Phi) is 6.56. The molecule has 3 unspecified atom stereocenters. The summed E-state index contributed by atoms with van der Waals surface area (Å²) in [4.78, 5) is 2.39. The summed E-state index contributed by atoms with van der Waals surface area (Å²) >= 11 is 1.87. The van der Waals surface area contributed by atoms with Crippen molar-refractivity contribution in [2.75, 3.05) is 4.90 Å². The van der Waals surface area contributed by atoms with Crippen LogP contribution in [0, 0.1) is 11.8 Å². The lowest BCUT2D eigenvalue weighted by atomic mass is 9.83. The second-order valence-corrected chi connectivity index (χ2v) is 14.1. The van der Waals surface area contributed by atoms with Gasteiger partial charge in [0.15, 0.2) is 0 Å². The second kappa shape index (κ2) is 11.1. The van der Waals surface area contributed by atoms with Gasteiger partial charge in [-0.3, -0.25) is 0 Å². The van der Waals surface area contributed by atoms with Crippen LogP contribution in [0.3, 0.4) is 0 Å². The quantitative estimate of drug-likeness (QED) is 0.184. The average molecular weight is 598 g/mol. The predicted octanol–water partition coefficient (Wildman–Crippen LogP) is 12.8. The number of benzene rings is 6. The number of thiophene rings is 1. The van der Waals surface area contributed by atoms with E-state index in [9.17, 15) is 0 Å². The third kappa shape index (κ3) is 4.85. The maximum atomic E-state index is 2.40. The molecule has 0 amide bonds. The lowest BCUT2D eigenvalue weighted by Gasteiger charge is -2.26. The molecule has 2 fully saturated rings. The fourth-order valence-electron chi connectivity index (χ4n) is 8.11. The van der Waals surface area contributed by atoms with Gasteiger partial charge in [-0.1, -0.05) is 103 Å². The molecule has 0 spiro atoms. The van der Waals surface area contributed by atoms with Crippen molar-refractivity contribution in [1.29, 1.82) is 0 Å². The third-order valence-corrected chi connectivity index (χ3v) is 11.5. The first-order valence-corrected chi connectivity index (χ1v) is 17.2. The van der Waals surface area contributed by atoms with Crippen LogP contribution in [0.15, 0.2) is 146 Å². The fourth-order valence-corrected chi connectivity index (χ4v) is 9.20. The number of rotatable bonds is 6. The summed E-state index contributed by atoms with van der Waals surface area (Å²) in [5, 5.41) is 2.63. The molecule has 1 heterocycles. The van der Waals surface area contributed by atoms with Crippen LogP contribution in [-0.4, -0.2) is 0 Å². The van der Waals surface area contributed by atoms with E-state index in [2.05, 4.69) is 150 Å². The molecule has 0 saturated heterocycles. The van der Waals surface area contributed by atoms with Gasteiger partial charge in [0.2, 0.25) is 0 Å². The third-order valence-electron chi connectivity index (χ3n) is 10.4. The minimum Gasteiger partial charge on any atom is -0.310 e. The van der Waals surface area contributed by atoms with Gasteiger partial charge in [-0.05, 0) is 113 Å². The minimum absolute atomic E-state index is 0.777. The SMILES string of the molecule is c1ccc(-c2ccc(N(c3ccc(-c4ccc(C5CC6CCC5C6)cc4)cc3)c3ccc4sc5ccccc5c4c3)cc2)cc1. The van der Waals surface area contributed by atoms with Crippen molar-refractivity contribution in [1.82, 2.24) is 0 Å². The Bertz CT molecular complexity index is 2110. The Morgan fingerprint density at radius 3 is 1.69 bits per heavy atom. The highest BCUT2D eigenvalue weighted by molar-refractivity contribution is 7.25. The van der Waals surface area contributed by atoms with Crippen LogP contribution >= 0.6 is 11.3 Å². The van der Waals surface area contributed by atoms with Crippen molar-refractivity contribution in [3.8, 4) is 22.3 Å². The number of hydrogen-bond acceptors (Lipinski definition) is 2. The number of fused-ring (bicyclic) bond motifs is 5. The van der Waals surface area contributed by atoms with E-state index in [4.69, 9.17) is 0 Å². The average Bonchev–Trinajstić information content (AvgIpc) is 3.85. The standard InChI is InChI=1S/C43H35NS/c1-2-6-30(7-3-1)32-16-20-36(21-17-32)44(38-24-25-43-41(28-38)39-8-4-5-9-42(39)45-43)37-22-18-33(19-23-37)31-12-14-34(15-13-31)40-27-29-10-11-35(40)26-29/h1-9,12-25,28-29,35,40H,10-11,26-27H2. The Labute approximate surface area is 269 Å². The van der Waals surface area contributed by atoms with Gasteiger partial charge in [-0.15, -0.1) is 11.3 Å². The highest BCUT2D eigenvalue weighted by Crippen LogP contribution is 2.53. The molecule has 2 heteroatoms.